The zero-order valence-corrected chi connectivity index (χ0v) is 18.8. The average Bonchev–Trinajstić information content (AvgIpc) is 3.09. The third-order valence-electron chi connectivity index (χ3n) is 6.13. The number of nitrogens with two attached hydrogens (primary N) is 1. The number of benzene rings is 2. The van der Waals surface area contributed by atoms with Crippen LogP contribution in [0.3, 0.4) is 0 Å². The van der Waals surface area contributed by atoms with Crippen molar-refractivity contribution in [1.82, 2.24) is 19.5 Å². The molecule has 0 radical (unpaired) electrons. The lowest BCUT2D eigenvalue weighted by Crippen LogP contribution is -2.33. The molecule has 4 aromatic rings. The van der Waals surface area contributed by atoms with Gasteiger partial charge in [0.25, 0.3) is 0 Å². The van der Waals surface area contributed by atoms with Gasteiger partial charge < -0.3 is 16.0 Å². The van der Waals surface area contributed by atoms with Gasteiger partial charge in [0.15, 0.2) is 17.0 Å². The number of aromatic nitrogens is 4. The predicted molar refractivity (Wildman–Crippen MR) is 131 cm³/mol. The Hall–Kier alpha value is -3.61. The minimum atomic E-state index is 0.416. The molecular formula is C25H29N7. The molecule has 32 heavy (non-hydrogen) atoms. The summed E-state index contributed by atoms with van der Waals surface area (Å²) < 4.78 is 1.92. The van der Waals surface area contributed by atoms with E-state index in [9.17, 15) is 0 Å². The van der Waals surface area contributed by atoms with Gasteiger partial charge in [-0.3, -0.25) is 4.57 Å². The van der Waals surface area contributed by atoms with Crippen molar-refractivity contribution < 1.29 is 0 Å². The number of aryl methyl sites for hydroxylation is 2. The monoisotopic (exact) mass is 427 g/mol. The van der Waals surface area contributed by atoms with Crippen LogP contribution >= 0.6 is 0 Å². The van der Waals surface area contributed by atoms with E-state index in [0.717, 1.165) is 60.1 Å². The molecule has 5 rings (SSSR count). The van der Waals surface area contributed by atoms with E-state index in [-0.39, 0.29) is 0 Å². The molecule has 0 spiro atoms. The van der Waals surface area contributed by atoms with Crippen molar-refractivity contribution in [1.29, 1.82) is 0 Å². The third kappa shape index (κ3) is 3.86. The first-order valence-electron chi connectivity index (χ1n) is 11.2. The first-order chi connectivity index (χ1) is 15.5. The third-order valence-corrected chi connectivity index (χ3v) is 6.13. The Morgan fingerprint density at radius 3 is 2.38 bits per heavy atom. The van der Waals surface area contributed by atoms with Gasteiger partial charge in [0.2, 0.25) is 11.9 Å². The molecule has 3 N–H and O–H groups in total. The molecule has 0 saturated carbocycles. The molecule has 2 aromatic carbocycles. The van der Waals surface area contributed by atoms with Crippen molar-refractivity contribution in [2.24, 2.45) is 5.92 Å². The molecule has 0 amide bonds. The first-order valence-corrected chi connectivity index (χ1v) is 11.2. The van der Waals surface area contributed by atoms with Crippen molar-refractivity contribution in [3.63, 3.8) is 0 Å². The van der Waals surface area contributed by atoms with Crippen molar-refractivity contribution >= 4 is 34.6 Å². The Labute approximate surface area is 188 Å². The van der Waals surface area contributed by atoms with E-state index >= 15 is 0 Å². The van der Waals surface area contributed by atoms with Gasteiger partial charge in [0.05, 0.1) is 5.69 Å². The van der Waals surface area contributed by atoms with Gasteiger partial charge in [-0.05, 0) is 68.0 Å². The fourth-order valence-electron chi connectivity index (χ4n) is 4.33. The van der Waals surface area contributed by atoms with Crippen LogP contribution in [-0.4, -0.2) is 32.6 Å². The second-order valence-electron chi connectivity index (χ2n) is 8.85. The summed E-state index contributed by atoms with van der Waals surface area (Å²) in [6.45, 7) is 8.35. The molecule has 0 bridgehead atoms. The van der Waals surface area contributed by atoms with Gasteiger partial charge in [-0.25, -0.2) is 4.98 Å². The van der Waals surface area contributed by atoms with Gasteiger partial charge in [0, 0.05) is 18.8 Å². The standard InChI is InChI=1S/C25H29N7/c1-16-10-12-31(13-11-16)22-21-23(30-25(29-22)27-19-8-4-6-17(2)14-19)32(24(26)28-21)20-9-5-7-18(3)15-20/h4-9,14-16H,10-13H2,1-3H3,(H2,26,28)(H,27,29,30). The van der Waals surface area contributed by atoms with E-state index in [1.807, 2.05) is 28.8 Å². The number of imidazole rings is 1. The molecule has 164 valence electrons. The zero-order valence-electron chi connectivity index (χ0n) is 18.8. The Morgan fingerprint density at radius 1 is 0.938 bits per heavy atom. The van der Waals surface area contributed by atoms with E-state index in [1.165, 1.54) is 5.56 Å². The number of hydrogen-bond acceptors (Lipinski definition) is 6. The zero-order chi connectivity index (χ0) is 22.2. The molecule has 7 nitrogen and oxygen atoms in total. The van der Waals surface area contributed by atoms with Crippen molar-refractivity contribution in [2.75, 3.05) is 29.0 Å². The number of fused-ring (bicyclic) bond motifs is 1. The predicted octanol–water partition coefficient (Wildman–Crippen LogP) is 4.99. The molecule has 0 unspecified atom stereocenters. The molecule has 1 aliphatic rings. The molecule has 1 saturated heterocycles. The lowest BCUT2D eigenvalue weighted by molar-refractivity contribution is 0.437. The van der Waals surface area contributed by atoms with Gasteiger partial charge in [-0.2, -0.15) is 9.97 Å². The van der Waals surface area contributed by atoms with Crippen LogP contribution in [0.15, 0.2) is 48.5 Å². The minimum Gasteiger partial charge on any atom is -0.369 e. The van der Waals surface area contributed by atoms with E-state index in [4.69, 9.17) is 20.7 Å². The van der Waals surface area contributed by atoms with Crippen LogP contribution in [0.2, 0.25) is 0 Å². The lowest BCUT2D eigenvalue weighted by Gasteiger charge is -2.31. The summed E-state index contributed by atoms with van der Waals surface area (Å²) in [5.41, 5.74) is 12.1. The summed E-state index contributed by atoms with van der Waals surface area (Å²) >= 11 is 0. The highest BCUT2D eigenvalue weighted by Crippen LogP contribution is 2.32. The van der Waals surface area contributed by atoms with Crippen LogP contribution in [0.25, 0.3) is 16.9 Å². The van der Waals surface area contributed by atoms with E-state index in [0.29, 0.717) is 17.5 Å². The van der Waals surface area contributed by atoms with Gasteiger partial charge >= 0.3 is 0 Å². The number of nitrogens with zero attached hydrogens (tertiary/aromatic N) is 5. The summed E-state index contributed by atoms with van der Waals surface area (Å²) in [6, 6.07) is 16.4. The second-order valence-corrected chi connectivity index (χ2v) is 8.85. The highest BCUT2D eigenvalue weighted by atomic mass is 15.3. The Morgan fingerprint density at radius 2 is 1.66 bits per heavy atom. The SMILES string of the molecule is Cc1cccc(Nc2nc(N3CCC(C)CC3)c3nc(N)n(-c4cccc(C)c4)c3n2)c1. The van der Waals surface area contributed by atoms with Gasteiger partial charge in [0.1, 0.15) is 0 Å². The maximum atomic E-state index is 6.42. The minimum absolute atomic E-state index is 0.416. The normalized spacial score (nSPS) is 14.8. The fraction of sp³-hybridized carbons (Fsp3) is 0.320. The summed E-state index contributed by atoms with van der Waals surface area (Å²) in [7, 11) is 0. The van der Waals surface area contributed by atoms with Crippen LogP contribution in [0.4, 0.5) is 23.4 Å². The molecule has 0 atom stereocenters. The summed E-state index contributed by atoms with van der Waals surface area (Å²) in [5.74, 6) is 2.53. The van der Waals surface area contributed by atoms with Gasteiger partial charge in [-0.1, -0.05) is 31.2 Å². The lowest BCUT2D eigenvalue weighted by atomic mass is 9.99. The fourth-order valence-corrected chi connectivity index (χ4v) is 4.33. The molecule has 3 heterocycles. The van der Waals surface area contributed by atoms with Crippen LogP contribution in [0.1, 0.15) is 30.9 Å². The molecular weight excluding hydrogens is 398 g/mol. The first kappa shape index (κ1) is 20.3. The Balaban J connectivity index is 1.67. The largest absolute Gasteiger partial charge is 0.369 e. The van der Waals surface area contributed by atoms with Crippen LogP contribution in [0.5, 0.6) is 0 Å². The average molecular weight is 428 g/mol. The van der Waals surface area contributed by atoms with Gasteiger partial charge in [-0.15, -0.1) is 0 Å². The quantitative estimate of drug-likeness (QED) is 0.477. The number of piperidine rings is 1. The molecule has 2 aromatic heterocycles. The van der Waals surface area contributed by atoms with Crippen molar-refractivity contribution in [2.45, 2.75) is 33.6 Å². The summed E-state index contributed by atoms with van der Waals surface area (Å²) in [5, 5.41) is 3.39. The molecule has 1 aliphatic heterocycles. The highest BCUT2D eigenvalue weighted by molar-refractivity contribution is 5.89. The number of anilines is 4. The van der Waals surface area contributed by atoms with Crippen molar-refractivity contribution in [3.05, 3.63) is 59.7 Å². The second kappa shape index (κ2) is 8.15. The van der Waals surface area contributed by atoms with E-state index < -0.39 is 0 Å². The number of nitrogen functional groups attached to an aromatic ring is 1. The topological polar surface area (TPSA) is 84.9 Å². The summed E-state index contributed by atoms with van der Waals surface area (Å²) in [4.78, 5) is 16.8. The van der Waals surface area contributed by atoms with Crippen LogP contribution in [0, 0.1) is 19.8 Å². The van der Waals surface area contributed by atoms with E-state index in [1.54, 1.807) is 0 Å². The smallest absolute Gasteiger partial charge is 0.231 e. The molecule has 7 heteroatoms. The molecule has 1 fully saturated rings. The number of hydrogen-bond donors (Lipinski definition) is 2. The Bertz CT molecular complexity index is 1270. The van der Waals surface area contributed by atoms with Crippen LogP contribution in [-0.2, 0) is 0 Å². The number of nitrogens with one attached hydrogen (secondary N) is 1. The Kier molecular flexibility index (Phi) is 5.17. The molecule has 0 aliphatic carbocycles. The van der Waals surface area contributed by atoms with Crippen LogP contribution < -0.4 is 16.0 Å². The maximum Gasteiger partial charge on any atom is 0.231 e. The summed E-state index contributed by atoms with van der Waals surface area (Å²) in [6.07, 6.45) is 2.28. The number of rotatable bonds is 4. The maximum absolute atomic E-state index is 6.42. The highest BCUT2D eigenvalue weighted by Gasteiger charge is 2.24. The van der Waals surface area contributed by atoms with E-state index in [2.05, 4.69) is 55.3 Å². The van der Waals surface area contributed by atoms with Crippen molar-refractivity contribution in [3.8, 4) is 5.69 Å².